The van der Waals surface area contributed by atoms with Gasteiger partial charge < -0.3 is 19.5 Å². The van der Waals surface area contributed by atoms with Gasteiger partial charge in [-0.25, -0.2) is 0 Å². The highest BCUT2D eigenvalue weighted by molar-refractivity contribution is 5.94. The fourth-order valence-corrected chi connectivity index (χ4v) is 3.95. The van der Waals surface area contributed by atoms with Crippen LogP contribution in [0.25, 0.3) is 0 Å². The van der Waals surface area contributed by atoms with E-state index < -0.39 is 0 Å². The molecule has 2 atom stereocenters. The molecule has 2 unspecified atom stereocenters. The summed E-state index contributed by atoms with van der Waals surface area (Å²) in [6.07, 6.45) is 2.35. The van der Waals surface area contributed by atoms with E-state index in [-0.39, 0.29) is 24.3 Å². The highest BCUT2D eigenvalue weighted by atomic mass is 16.5. The van der Waals surface area contributed by atoms with Gasteiger partial charge >= 0.3 is 11.8 Å². The van der Waals surface area contributed by atoms with E-state index in [0.29, 0.717) is 42.9 Å². The van der Waals surface area contributed by atoms with E-state index in [1.807, 2.05) is 12.1 Å². The van der Waals surface area contributed by atoms with Crippen LogP contribution in [0.2, 0.25) is 0 Å². The number of hydrogen-bond acceptors (Lipinski definition) is 6. The lowest BCUT2D eigenvalue weighted by molar-refractivity contribution is -0.116. The first-order valence-corrected chi connectivity index (χ1v) is 9.65. The minimum Gasteiger partial charge on any atom is -0.485 e. The van der Waals surface area contributed by atoms with Gasteiger partial charge in [0.2, 0.25) is 11.7 Å². The quantitative estimate of drug-likeness (QED) is 0.870. The second kappa shape index (κ2) is 7.61. The number of aromatic nitrogens is 2. The Morgan fingerprint density at radius 3 is 2.86 bits per heavy atom. The molecule has 1 aromatic heterocycles. The molecule has 3 heterocycles. The SMILES string of the molecule is CC1CC(C)CN(C(=O)c2nc(COc3ccc4c(c3)NC(=O)CC4)no2)C1. The first-order valence-electron chi connectivity index (χ1n) is 9.65. The second-order valence-corrected chi connectivity index (χ2v) is 7.83. The van der Waals surface area contributed by atoms with Crippen molar-refractivity contribution >= 4 is 17.5 Å². The molecule has 28 heavy (non-hydrogen) atoms. The van der Waals surface area contributed by atoms with Crippen molar-refractivity contribution in [2.75, 3.05) is 18.4 Å². The molecule has 8 nitrogen and oxygen atoms in total. The smallest absolute Gasteiger partial charge is 0.316 e. The van der Waals surface area contributed by atoms with Crippen molar-refractivity contribution in [2.45, 2.75) is 39.7 Å². The van der Waals surface area contributed by atoms with Gasteiger partial charge in [0.05, 0.1) is 0 Å². The zero-order chi connectivity index (χ0) is 19.7. The van der Waals surface area contributed by atoms with Crippen LogP contribution in [0.1, 0.15) is 48.8 Å². The van der Waals surface area contributed by atoms with Crippen molar-refractivity contribution in [3.8, 4) is 5.75 Å². The summed E-state index contributed by atoms with van der Waals surface area (Å²) in [5, 5.41) is 6.70. The van der Waals surface area contributed by atoms with Crippen LogP contribution in [-0.2, 0) is 17.8 Å². The standard InChI is InChI=1S/C20H24N4O4/c1-12-7-13(2)10-24(9-12)20(26)19-22-17(23-28-19)11-27-15-5-3-14-4-6-18(25)21-16(14)8-15/h3,5,8,12-13H,4,6-7,9-11H2,1-2H3,(H,21,25). The molecule has 4 rings (SSSR count). The molecule has 0 saturated carbocycles. The molecule has 0 aliphatic carbocycles. The number of amides is 2. The first-order chi connectivity index (χ1) is 13.5. The van der Waals surface area contributed by atoms with Crippen molar-refractivity contribution in [2.24, 2.45) is 11.8 Å². The maximum atomic E-state index is 12.6. The van der Waals surface area contributed by atoms with E-state index in [1.165, 1.54) is 0 Å². The van der Waals surface area contributed by atoms with Gasteiger partial charge in [0.1, 0.15) is 5.75 Å². The fraction of sp³-hybridized carbons (Fsp3) is 0.500. The van der Waals surface area contributed by atoms with Crippen molar-refractivity contribution in [3.05, 3.63) is 35.5 Å². The van der Waals surface area contributed by atoms with Crippen LogP contribution in [0.15, 0.2) is 22.7 Å². The minimum atomic E-state index is -0.228. The Morgan fingerprint density at radius 1 is 1.29 bits per heavy atom. The molecule has 0 bridgehead atoms. The maximum Gasteiger partial charge on any atom is 0.316 e. The number of carbonyl (C=O) groups is 2. The Labute approximate surface area is 163 Å². The summed E-state index contributed by atoms with van der Waals surface area (Å²) in [5.74, 6) is 1.60. The minimum absolute atomic E-state index is 0.00222. The Balaban J connectivity index is 1.38. The summed E-state index contributed by atoms with van der Waals surface area (Å²) in [4.78, 5) is 30.1. The van der Waals surface area contributed by atoms with Crippen LogP contribution in [0.5, 0.6) is 5.75 Å². The van der Waals surface area contributed by atoms with Crippen molar-refractivity contribution < 1.29 is 18.8 Å². The summed E-state index contributed by atoms with van der Waals surface area (Å²) in [5.41, 5.74) is 1.86. The lowest BCUT2D eigenvalue weighted by Crippen LogP contribution is -2.42. The molecule has 8 heteroatoms. The van der Waals surface area contributed by atoms with E-state index in [2.05, 4.69) is 29.3 Å². The average Bonchev–Trinajstić information content (AvgIpc) is 3.13. The van der Waals surface area contributed by atoms with Crippen LogP contribution in [0, 0.1) is 11.8 Å². The molecule has 0 radical (unpaired) electrons. The maximum absolute atomic E-state index is 12.6. The largest absolute Gasteiger partial charge is 0.485 e. The molecule has 148 valence electrons. The van der Waals surface area contributed by atoms with E-state index in [9.17, 15) is 9.59 Å². The molecule has 1 fully saturated rings. The number of piperidine rings is 1. The third kappa shape index (κ3) is 4.00. The highest BCUT2D eigenvalue weighted by Crippen LogP contribution is 2.27. The highest BCUT2D eigenvalue weighted by Gasteiger charge is 2.29. The number of nitrogens with zero attached hydrogens (tertiary/aromatic N) is 3. The molecule has 1 N–H and O–H groups in total. The monoisotopic (exact) mass is 384 g/mol. The molecular formula is C20H24N4O4. The summed E-state index contributed by atoms with van der Waals surface area (Å²) in [6, 6.07) is 5.57. The van der Waals surface area contributed by atoms with Gasteiger partial charge in [-0.2, -0.15) is 4.98 Å². The van der Waals surface area contributed by atoms with Crippen LogP contribution >= 0.6 is 0 Å². The zero-order valence-corrected chi connectivity index (χ0v) is 16.1. The number of hydrogen-bond donors (Lipinski definition) is 1. The number of aryl methyl sites for hydroxylation is 1. The van der Waals surface area contributed by atoms with E-state index in [1.54, 1.807) is 11.0 Å². The lowest BCUT2D eigenvalue weighted by atomic mass is 9.92. The second-order valence-electron chi connectivity index (χ2n) is 7.83. The number of anilines is 1. The van der Waals surface area contributed by atoms with Crippen LogP contribution in [0.3, 0.4) is 0 Å². The predicted molar refractivity (Wildman–Crippen MR) is 101 cm³/mol. The van der Waals surface area contributed by atoms with Crippen LogP contribution < -0.4 is 10.1 Å². The molecular weight excluding hydrogens is 360 g/mol. The predicted octanol–water partition coefficient (Wildman–Crippen LogP) is 2.65. The topological polar surface area (TPSA) is 97.6 Å². The number of ether oxygens (including phenoxy) is 1. The Hall–Kier alpha value is -2.90. The molecule has 1 saturated heterocycles. The van der Waals surface area contributed by atoms with Gasteiger partial charge in [0, 0.05) is 31.3 Å². The van der Waals surface area contributed by atoms with E-state index in [4.69, 9.17) is 9.26 Å². The number of benzene rings is 1. The average molecular weight is 384 g/mol. The normalized spacial score (nSPS) is 21.8. The van der Waals surface area contributed by atoms with Gasteiger partial charge in [0.15, 0.2) is 6.61 Å². The molecule has 2 aliphatic heterocycles. The van der Waals surface area contributed by atoms with Gasteiger partial charge in [-0.1, -0.05) is 25.1 Å². The van der Waals surface area contributed by atoms with Gasteiger partial charge in [0.25, 0.3) is 0 Å². The Kier molecular flexibility index (Phi) is 5.02. The van der Waals surface area contributed by atoms with E-state index in [0.717, 1.165) is 24.1 Å². The van der Waals surface area contributed by atoms with Crippen molar-refractivity contribution in [1.29, 1.82) is 0 Å². The Bertz CT molecular complexity index is 884. The van der Waals surface area contributed by atoms with Crippen LogP contribution in [-0.4, -0.2) is 39.9 Å². The lowest BCUT2D eigenvalue weighted by Gasteiger charge is -2.33. The molecule has 2 amide bonds. The fourth-order valence-electron chi connectivity index (χ4n) is 3.95. The van der Waals surface area contributed by atoms with Crippen molar-refractivity contribution in [3.63, 3.8) is 0 Å². The molecule has 0 spiro atoms. The summed E-state index contributed by atoms with van der Waals surface area (Å²) < 4.78 is 10.9. The number of rotatable bonds is 4. The van der Waals surface area contributed by atoms with Gasteiger partial charge in [-0.3, -0.25) is 9.59 Å². The van der Waals surface area contributed by atoms with Crippen LogP contribution in [0.4, 0.5) is 5.69 Å². The number of nitrogens with one attached hydrogen (secondary N) is 1. The summed E-state index contributed by atoms with van der Waals surface area (Å²) in [6.45, 7) is 5.78. The van der Waals surface area contributed by atoms with Gasteiger partial charge in [-0.15, -0.1) is 0 Å². The van der Waals surface area contributed by atoms with Crippen molar-refractivity contribution in [1.82, 2.24) is 15.0 Å². The number of carbonyl (C=O) groups excluding carboxylic acids is 2. The van der Waals surface area contributed by atoms with E-state index >= 15 is 0 Å². The van der Waals surface area contributed by atoms with Gasteiger partial charge in [-0.05, 0) is 36.3 Å². The molecule has 1 aromatic carbocycles. The summed E-state index contributed by atoms with van der Waals surface area (Å²) in [7, 11) is 0. The third-order valence-electron chi connectivity index (χ3n) is 5.15. The number of fused-ring (bicyclic) bond motifs is 1. The third-order valence-corrected chi connectivity index (χ3v) is 5.15. The summed E-state index contributed by atoms with van der Waals surface area (Å²) >= 11 is 0. The molecule has 2 aliphatic rings. The number of likely N-dealkylation sites (tertiary alicyclic amines) is 1. The zero-order valence-electron chi connectivity index (χ0n) is 16.1. The Morgan fingerprint density at radius 2 is 2.07 bits per heavy atom. The first kappa shape index (κ1) is 18.5. The molecule has 2 aromatic rings.